The molecule has 0 saturated carbocycles. The monoisotopic (exact) mass is 264 g/mol. The molecule has 2 rings (SSSR count). The van der Waals surface area contributed by atoms with Gasteiger partial charge in [-0.2, -0.15) is 0 Å². The lowest BCUT2D eigenvalue weighted by atomic mass is 10.2. The Balaban J connectivity index is 1.97. The van der Waals surface area contributed by atoms with Crippen molar-refractivity contribution in [2.75, 3.05) is 0 Å². The summed E-state index contributed by atoms with van der Waals surface area (Å²) in [4.78, 5) is 12.0. The lowest BCUT2D eigenvalue weighted by Crippen LogP contribution is -2.46. The van der Waals surface area contributed by atoms with Crippen molar-refractivity contribution in [1.82, 2.24) is 0 Å². The maximum absolute atomic E-state index is 12.0. The summed E-state index contributed by atoms with van der Waals surface area (Å²) in [6.07, 6.45) is 1.50. The van der Waals surface area contributed by atoms with E-state index in [9.17, 15) is 4.79 Å². The molecule has 0 bridgehead atoms. The third kappa shape index (κ3) is 3.20. The van der Waals surface area contributed by atoms with Crippen molar-refractivity contribution in [3.63, 3.8) is 0 Å². The maximum atomic E-state index is 12.0. The first-order chi connectivity index (χ1) is 8.63. The quantitative estimate of drug-likeness (QED) is 0.477. The average Bonchev–Trinajstić information content (AvgIpc) is 2.40. The van der Waals surface area contributed by atoms with Crippen LogP contribution in [-0.2, 0) is 9.22 Å². The third-order valence-electron chi connectivity index (χ3n) is 3.57. The highest BCUT2D eigenvalue weighted by molar-refractivity contribution is 6.72. The van der Waals surface area contributed by atoms with Crippen LogP contribution in [0.5, 0.6) is 5.75 Å². The SMILES string of the molecule is CC[Si]1(C)CCCC(C(=O)Oc2ccccc2)O1. The first-order valence-electron chi connectivity index (χ1n) is 6.57. The molecule has 1 fully saturated rings. The highest BCUT2D eigenvalue weighted by Crippen LogP contribution is 2.29. The van der Waals surface area contributed by atoms with Gasteiger partial charge in [-0.05, 0) is 37.2 Å². The fourth-order valence-corrected chi connectivity index (χ4v) is 4.71. The molecule has 0 amide bonds. The number of ether oxygens (including phenoxy) is 1. The van der Waals surface area contributed by atoms with Gasteiger partial charge in [-0.15, -0.1) is 0 Å². The van der Waals surface area contributed by atoms with E-state index < -0.39 is 8.32 Å². The molecule has 18 heavy (non-hydrogen) atoms. The Morgan fingerprint density at radius 1 is 1.44 bits per heavy atom. The summed E-state index contributed by atoms with van der Waals surface area (Å²) in [5.41, 5.74) is 0. The molecule has 1 aromatic rings. The lowest BCUT2D eigenvalue weighted by molar-refractivity contribution is -0.143. The fourth-order valence-electron chi connectivity index (χ4n) is 2.22. The van der Waals surface area contributed by atoms with Gasteiger partial charge in [-0.25, -0.2) is 4.79 Å². The van der Waals surface area contributed by atoms with Gasteiger partial charge in [0, 0.05) is 0 Å². The summed E-state index contributed by atoms with van der Waals surface area (Å²) in [7, 11) is -1.65. The predicted molar refractivity (Wildman–Crippen MR) is 73.1 cm³/mol. The molecule has 1 aliphatic heterocycles. The van der Waals surface area contributed by atoms with Crippen LogP contribution in [0, 0.1) is 0 Å². The molecule has 0 radical (unpaired) electrons. The first kappa shape index (κ1) is 13.3. The molecule has 1 aliphatic rings. The van der Waals surface area contributed by atoms with Gasteiger partial charge >= 0.3 is 5.97 Å². The van der Waals surface area contributed by atoms with Crippen molar-refractivity contribution < 1.29 is 14.0 Å². The zero-order valence-electron chi connectivity index (χ0n) is 11.0. The summed E-state index contributed by atoms with van der Waals surface area (Å²) >= 11 is 0. The van der Waals surface area contributed by atoms with Crippen molar-refractivity contribution >= 4 is 14.3 Å². The Bertz CT molecular complexity index is 407. The molecule has 2 atom stereocenters. The molecule has 1 heterocycles. The van der Waals surface area contributed by atoms with Gasteiger partial charge < -0.3 is 9.16 Å². The molecule has 0 aliphatic carbocycles. The molecule has 1 aromatic carbocycles. The van der Waals surface area contributed by atoms with E-state index in [0.717, 1.165) is 24.9 Å². The Kier molecular flexibility index (Phi) is 4.19. The number of hydrogen-bond acceptors (Lipinski definition) is 3. The van der Waals surface area contributed by atoms with Crippen molar-refractivity contribution in [2.45, 2.75) is 44.5 Å². The Morgan fingerprint density at radius 3 is 2.83 bits per heavy atom. The largest absolute Gasteiger partial charge is 0.425 e. The first-order valence-corrected chi connectivity index (χ1v) is 9.40. The van der Waals surface area contributed by atoms with Crippen LogP contribution in [0.25, 0.3) is 0 Å². The van der Waals surface area contributed by atoms with Crippen LogP contribution in [0.15, 0.2) is 30.3 Å². The predicted octanol–water partition coefficient (Wildman–Crippen LogP) is 3.37. The van der Waals surface area contributed by atoms with Crippen LogP contribution in [-0.4, -0.2) is 20.4 Å². The summed E-state index contributed by atoms with van der Waals surface area (Å²) in [6, 6.07) is 11.4. The van der Waals surface area contributed by atoms with Crippen molar-refractivity contribution in [2.24, 2.45) is 0 Å². The van der Waals surface area contributed by atoms with Gasteiger partial charge in [0.05, 0.1) is 0 Å². The highest BCUT2D eigenvalue weighted by Gasteiger charge is 2.37. The van der Waals surface area contributed by atoms with Crippen LogP contribution in [0.1, 0.15) is 19.8 Å². The number of para-hydroxylation sites is 1. The topological polar surface area (TPSA) is 35.5 Å². The molecule has 2 unspecified atom stereocenters. The second-order valence-electron chi connectivity index (χ2n) is 5.04. The lowest BCUT2D eigenvalue weighted by Gasteiger charge is -2.35. The number of hydrogen-bond donors (Lipinski definition) is 0. The van der Waals surface area contributed by atoms with Crippen molar-refractivity contribution in [3.05, 3.63) is 30.3 Å². The van der Waals surface area contributed by atoms with E-state index in [1.54, 1.807) is 12.1 Å². The number of esters is 1. The minimum Gasteiger partial charge on any atom is -0.425 e. The molecule has 3 nitrogen and oxygen atoms in total. The van der Waals surface area contributed by atoms with Gasteiger partial charge in [-0.3, -0.25) is 0 Å². The van der Waals surface area contributed by atoms with Crippen LogP contribution in [0.4, 0.5) is 0 Å². The normalized spacial score (nSPS) is 27.8. The number of benzene rings is 1. The number of carbonyl (C=O) groups excluding carboxylic acids is 1. The molecular formula is C14H20O3Si. The summed E-state index contributed by atoms with van der Waals surface area (Å²) in [6.45, 7) is 4.35. The van der Waals surface area contributed by atoms with E-state index in [1.807, 2.05) is 18.2 Å². The minimum absolute atomic E-state index is 0.243. The van der Waals surface area contributed by atoms with Gasteiger partial charge in [0.2, 0.25) is 0 Å². The van der Waals surface area contributed by atoms with E-state index in [2.05, 4.69) is 13.5 Å². The van der Waals surface area contributed by atoms with Gasteiger partial charge in [0.25, 0.3) is 0 Å². The number of rotatable bonds is 3. The van der Waals surface area contributed by atoms with Crippen LogP contribution < -0.4 is 4.74 Å². The molecule has 0 aromatic heterocycles. The van der Waals surface area contributed by atoms with Crippen molar-refractivity contribution in [1.29, 1.82) is 0 Å². The second-order valence-corrected chi connectivity index (χ2v) is 9.38. The number of carbonyl (C=O) groups is 1. The standard InChI is InChI=1S/C14H20O3Si/c1-3-18(2)11-7-10-13(17-18)14(15)16-12-8-5-4-6-9-12/h4-6,8-9,13H,3,7,10-11H2,1-2H3. The zero-order chi connectivity index (χ0) is 13.0. The summed E-state index contributed by atoms with van der Waals surface area (Å²) < 4.78 is 11.4. The Labute approximate surface area is 109 Å². The van der Waals surface area contributed by atoms with Crippen LogP contribution in [0.2, 0.25) is 18.6 Å². The summed E-state index contributed by atoms with van der Waals surface area (Å²) in [5.74, 6) is 0.351. The molecular weight excluding hydrogens is 244 g/mol. The van der Waals surface area contributed by atoms with E-state index in [1.165, 1.54) is 0 Å². The van der Waals surface area contributed by atoms with Gasteiger partial charge in [0.15, 0.2) is 8.32 Å². The van der Waals surface area contributed by atoms with Crippen LogP contribution in [0.3, 0.4) is 0 Å². The highest BCUT2D eigenvalue weighted by atomic mass is 28.4. The Hall–Kier alpha value is -1.13. The van der Waals surface area contributed by atoms with E-state index in [4.69, 9.17) is 9.16 Å². The third-order valence-corrected chi connectivity index (χ3v) is 7.33. The molecule has 98 valence electrons. The van der Waals surface area contributed by atoms with Gasteiger partial charge in [-0.1, -0.05) is 31.5 Å². The van der Waals surface area contributed by atoms with Gasteiger partial charge in [0.1, 0.15) is 11.9 Å². The Morgan fingerprint density at radius 2 is 2.17 bits per heavy atom. The fraction of sp³-hybridized carbons (Fsp3) is 0.500. The van der Waals surface area contributed by atoms with E-state index in [0.29, 0.717) is 5.75 Å². The maximum Gasteiger partial charge on any atom is 0.339 e. The van der Waals surface area contributed by atoms with E-state index >= 15 is 0 Å². The zero-order valence-corrected chi connectivity index (χ0v) is 12.0. The minimum atomic E-state index is -1.65. The van der Waals surface area contributed by atoms with Crippen LogP contribution >= 0.6 is 0 Å². The smallest absolute Gasteiger partial charge is 0.339 e. The molecule has 1 saturated heterocycles. The molecule has 4 heteroatoms. The van der Waals surface area contributed by atoms with Crippen molar-refractivity contribution in [3.8, 4) is 5.75 Å². The average molecular weight is 264 g/mol. The molecule has 0 N–H and O–H groups in total. The summed E-state index contributed by atoms with van der Waals surface area (Å²) in [5, 5.41) is 0. The second kappa shape index (κ2) is 5.67. The molecule has 0 spiro atoms. The van der Waals surface area contributed by atoms with E-state index in [-0.39, 0.29) is 12.1 Å².